The topological polar surface area (TPSA) is 24.7 Å². The van der Waals surface area contributed by atoms with Crippen molar-refractivity contribution in [2.75, 3.05) is 0 Å². The molecule has 0 saturated heterocycles. The first-order chi connectivity index (χ1) is 20.8. The summed E-state index contributed by atoms with van der Waals surface area (Å²) >= 11 is 0. The summed E-state index contributed by atoms with van der Waals surface area (Å²) in [5.74, 6) is 0. The summed E-state index contributed by atoms with van der Waals surface area (Å²) in [5.41, 5.74) is 14.2. The minimum Gasteiger partial charge on any atom is -0.288 e. The predicted octanol–water partition coefficient (Wildman–Crippen LogP) is 9.91. The van der Waals surface area contributed by atoms with Crippen LogP contribution in [0, 0.1) is 0 Å². The molecule has 0 fully saturated rings. The van der Waals surface area contributed by atoms with E-state index in [9.17, 15) is 0 Å². The molecule has 0 unspecified atom stereocenters. The highest BCUT2D eigenvalue weighted by Gasteiger charge is 2.05. The van der Waals surface area contributed by atoms with Crippen molar-refractivity contribution >= 4 is 12.4 Å². The van der Waals surface area contributed by atoms with Crippen molar-refractivity contribution < 1.29 is 0 Å². The lowest BCUT2D eigenvalue weighted by atomic mass is 9.97. The maximum atomic E-state index is 4.72. The molecular weight excluding hydrogens is 508 g/mol. The summed E-state index contributed by atoms with van der Waals surface area (Å²) in [7, 11) is 0. The summed E-state index contributed by atoms with van der Waals surface area (Å²) in [6.07, 6.45) is 3.92. The Morgan fingerprint density at radius 2 is 0.619 bits per heavy atom. The highest BCUT2D eigenvalue weighted by atomic mass is 14.7. The Hall–Kier alpha value is -5.34. The second kappa shape index (κ2) is 11.6. The fourth-order valence-corrected chi connectivity index (χ4v) is 5.40. The molecule has 0 aromatic heterocycles. The van der Waals surface area contributed by atoms with Crippen molar-refractivity contribution in [1.82, 2.24) is 0 Å². The Morgan fingerprint density at radius 3 is 0.952 bits per heavy atom. The monoisotopic (exact) mass is 538 g/mol. The molecule has 42 heavy (non-hydrogen) atoms. The van der Waals surface area contributed by atoms with Crippen LogP contribution in [0.4, 0.5) is 0 Å². The Labute approximate surface area is 247 Å². The molecule has 0 aliphatic carbocycles. The molecule has 12 bridgehead atoms. The van der Waals surface area contributed by atoms with E-state index in [1.165, 1.54) is 55.6 Å². The third kappa shape index (κ3) is 5.75. The molecule has 0 N–H and O–H groups in total. The normalized spacial score (nSPS) is 12.4. The smallest absolute Gasteiger partial charge is 0.0639 e. The lowest BCUT2D eigenvalue weighted by molar-refractivity contribution is 1.08. The van der Waals surface area contributed by atoms with Crippen molar-refractivity contribution in [3.05, 3.63) is 168 Å². The number of rotatable bonds is 0. The van der Waals surface area contributed by atoms with Gasteiger partial charge in [-0.2, -0.15) is 0 Å². The van der Waals surface area contributed by atoms with Crippen LogP contribution in [0.3, 0.4) is 0 Å². The van der Waals surface area contributed by atoms with Crippen molar-refractivity contribution in [2.45, 2.75) is 13.1 Å². The van der Waals surface area contributed by atoms with Crippen LogP contribution in [0.5, 0.6) is 0 Å². The first-order valence-corrected chi connectivity index (χ1v) is 14.4. The van der Waals surface area contributed by atoms with Gasteiger partial charge in [0.1, 0.15) is 0 Å². The molecular formula is C40H30N2. The molecule has 2 heteroatoms. The van der Waals surface area contributed by atoms with Crippen molar-refractivity contribution in [3.63, 3.8) is 0 Å². The van der Waals surface area contributed by atoms with Gasteiger partial charge < -0.3 is 0 Å². The molecule has 0 radical (unpaired) electrons. The van der Waals surface area contributed by atoms with Crippen LogP contribution in [-0.4, -0.2) is 12.4 Å². The minimum atomic E-state index is 0.652. The first kappa shape index (κ1) is 25.6. The zero-order valence-corrected chi connectivity index (χ0v) is 23.3. The summed E-state index contributed by atoms with van der Waals surface area (Å²) in [5, 5.41) is 0. The SMILES string of the molecule is C1=NCc2ccc(cc2)-c2cccc(c2)-c2ccc(cc2)CN=Cc2ccc(cc2)-c2cccc(c2)-c2ccc1cc2. The predicted molar refractivity (Wildman–Crippen MR) is 177 cm³/mol. The highest BCUT2D eigenvalue weighted by Crippen LogP contribution is 2.28. The second-order valence-corrected chi connectivity index (χ2v) is 10.7. The van der Waals surface area contributed by atoms with E-state index in [0.29, 0.717) is 13.1 Å². The van der Waals surface area contributed by atoms with E-state index >= 15 is 0 Å². The van der Waals surface area contributed by atoms with Crippen LogP contribution in [0.15, 0.2) is 156 Å². The standard InChI is InChI=1S/C40H30N2/c1-3-37-23-38(4-1)34-17-9-30(10-18-34)26-42-28-32-13-21-36(22-14-32)40-6-2-5-39(24-40)35-19-11-31(12-20-35)27-41-25-29-7-15-33(37)16-8-29/h1-26H,27-28H2. The maximum absolute atomic E-state index is 4.72. The second-order valence-electron chi connectivity index (χ2n) is 10.7. The molecule has 6 aromatic carbocycles. The zero-order chi connectivity index (χ0) is 28.1. The molecule has 2 nitrogen and oxygen atoms in total. The number of aliphatic imine (C=N–C) groups is 2. The van der Waals surface area contributed by atoms with Gasteiger partial charge in [0.25, 0.3) is 0 Å². The van der Waals surface area contributed by atoms with E-state index in [1.54, 1.807) is 0 Å². The molecule has 7 heterocycles. The number of benzene rings is 6. The van der Waals surface area contributed by atoms with E-state index < -0.39 is 0 Å². The van der Waals surface area contributed by atoms with Crippen LogP contribution < -0.4 is 0 Å². The van der Waals surface area contributed by atoms with Gasteiger partial charge in [-0.3, -0.25) is 9.98 Å². The minimum absolute atomic E-state index is 0.652. The molecule has 0 spiro atoms. The number of nitrogens with zero attached hydrogens (tertiary/aromatic N) is 2. The van der Waals surface area contributed by atoms with Gasteiger partial charge in [-0.15, -0.1) is 0 Å². The average Bonchev–Trinajstić information content (AvgIpc) is 3.06. The quantitative estimate of drug-likeness (QED) is 0.184. The summed E-state index contributed by atoms with van der Waals surface area (Å²) in [6.45, 7) is 1.30. The number of hydrogen-bond donors (Lipinski definition) is 0. The van der Waals surface area contributed by atoms with Crippen LogP contribution >= 0.6 is 0 Å². The fraction of sp³-hybridized carbons (Fsp3) is 0.0500. The molecule has 7 aliphatic rings. The van der Waals surface area contributed by atoms with Crippen LogP contribution in [0.1, 0.15) is 22.3 Å². The molecule has 13 rings (SSSR count). The molecule has 200 valence electrons. The van der Waals surface area contributed by atoms with E-state index in [4.69, 9.17) is 9.98 Å². The Bertz CT molecular complexity index is 1740. The Kier molecular flexibility index (Phi) is 7.10. The molecule has 0 amide bonds. The molecule has 0 saturated carbocycles. The van der Waals surface area contributed by atoms with Gasteiger partial charge in [0.2, 0.25) is 0 Å². The van der Waals surface area contributed by atoms with Gasteiger partial charge in [-0.25, -0.2) is 0 Å². The third-order valence-corrected chi connectivity index (χ3v) is 7.82. The Morgan fingerprint density at radius 1 is 0.310 bits per heavy atom. The summed E-state index contributed by atoms with van der Waals surface area (Å²) in [6, 6.07) is 52.1. The van der Waals surface area contributed by atoms with Gasteiger partial charge in [0.05, 0.1) is 13.1 Å². The van der Waals surface area contributed by atoms with Crippen molar-refractivity contribution in [3.8, 4) is 44.5 Å². The lowest BCUT2D eigenvalue weighted by Crippen LogP contribution is -1.88. The van der Waals surface area contributed by atoms with E-state index in [2.05, 4.69) is 146 Å². The largest absolute Gasteiger partial charge is 0.288 e. The first-order valence-electron chi connectivity index (χ1n) is 14.4. The molecule has 0 atom stereocenters. The van der Waals surface area contributed by atoms with Crippen LogP contribution in [0.25, 0.3) is 44.5 Å². The van der Waals surface area contributed by atoms with Gasteiger partial charge in [-0.1, -0.05) is 133 Å². The average molecular weight is 539 g/mol. The van der Waals surface area contributed by atoms with E-state index in [0.717, 1.165) is 11.1 Å². The van der Waals surface area contributed by atoms with Crippen molar-refractivity contribution in [2.24, 2.45) is 9.98 Å². The van der Waals surface area contributed by atoms with Gasteiger partial charge in [-0.05, 0) is 78.9 Å². The van der Waals surface area contributed by atoms with E-state index in [1.807, 2.05) is 12.4 Å². The third-order valence-electron chi connectivity index (χ3n) is 7.82. The van der Waals surface area contributed by atoms with Crippen LogP contribution in [0.2, 0.25) is 0 Å². The fourth-order valence-electron chi connectivity index (χ4n) is 5.40. The lowest BCUT2D eigenvalue weighted by Gasteiger charge is -2.08. The van der Waals surface area contributed by atoms with E-state index in [-0.39, 0.29) is 0 Å². The summed E-state index contributed by atoms with van der Waals surface area (Å²) < 4.78 is 0. The van der Waals surface area contributed by atoms with Gasteiger partial charge >= 0.3 is 0 Å². The summed E-state index contributed by atoms with van der Waals surface area (Å²) in [4.78, 5) is 9.43. The maximum Gasteiger partial charge on any atom is 0.0639 e. The Balaban J connectivity index is 1.22. The van der Waals surface area contributed by atoms with Gasteiger partial charge in [0.15, 0.2) is 0 Å². The van der Waals surface area contributed by atoms with Crippen molar-refractivity contribution in [1.29, 1.82) is 0 Å². The van der Waals surface area contributed by atoms with Crippen LogP contribution in [-0.2, 0) is 13.1 Å². The molecule has 6 aromatic rings. The zero-order valence-electron chi connectivity index (χ0n) is 23.3. The molecule has 7 aliphatic heterocycles. The highest BCUT2D eigenvalue weighted by molar-refractivity contribution is 5.83. The van der Waals surface area contributed by atoms with Gasteiger partial charge in [0, 0.05) is 12.4 Å². The number of hydrogen-bond acceptors (Lipinski definition) is 2.